The van der Waals surface area contributed by atoms with Crippen LogP contribution >= 0.6 is 0 Å². The number of fused-ring (bicyclic) bond motifs is 12. The second-order valence-corrected chi connectivity index (χ2v) is 34.9. The second-order valence-electron chi connectivity index (χ2n) is 34.9. The lowest BCUT2D eigenvalue weighted by atomic mass is 9.92. The zero-order chi connectivity index (χ0) is 90.6. The van der Waals surface area contributed by atoms with Crippen LogP contribution in [0.25, 0.3) is 265 Å². The summed E-state index contributed by atoms with van der Waals surface area (Å²) in [5.41, 5.74) is 31.2. The normalized spacial score (nSPS) is 11.5. The molecular weight excluding hydrogens is 1660 g/mol. The Morgan fingerprint density at radius 2 is 0.438 bits per heavy atom. The standard InChI is InChI=1S/C44H28N2.C43H27N3.C42H26N2O/c1-4-17-35-29(10-1)13-8-19-37(35)33-23-25-43-40(27-33)39(28-44(46-43)38-20-9-14-30-11-2-5-18-36(30)38)32-15-7-16-34(26-32)42-24-22-31-12-3-6-21-41(31)45-42;1-4-14-33-28(9-1)12-7-16-35(33)31-20-22-40-38(25-31)37(26-43(46-40)36-17-8-13-29-10-2-5-15-34(29)36)32-21-23-41(44-27-32)42-24-19-30-11-3-6-18-39(30)45-42;1-3-13-32-27(9-1)11-7-15-34(32)31-23-24-38-37(25-31)36(26-40(43-38)35-16-8-12-28-10-2-4-14-33(28)35)29-19-21-30(22-20-29)42-44-39-17-5-6-18-41(39)45-42/h1-28H;1-27H;1-26H. The molecule has 8 nitrogen and oxygen atoms in total. The largest absolute Gasteiger partial charge is 0.436 e. The van der Waals surface area contributed by atoms with E-state index < -0.39 is 0 Å². The minimum atomic E-state index is 0.622. The Hall–Kier alpha value is -18.4. The van der Waals surface area contributed by atoms with Crippen LogP contribution in [0.1, 0.15) is 0 Å². The van der Waals surface area contributed by atoms with E-state index in [0.29, 0.717) is 5.89 Å². The summed E-state index contributed by atoms with van der Waals surface area (Å²) < 4.78 is 6.07. The van der Waals surface area contributed by atoms with Crippen LogP contribution in [0.3, 0.4) is 0 Å². The first-order chi connectivity index (χ1) is 67.8. The summed E-state index contributed by atoms with van der Waals surface area (Å²) in [5, 5.41) is 20.2. The van der Waals surface area contributed by atoms with Gasteiger partial charge in [-0.25, -0.2) is 29.9 Å². The molecule has 0 atom stereocenters. The SMILES string of the molecule is c1cc(-c2ccc3ccccc3n2)cc(-c2cc(-c3cccc4ccccc34)nc3ccc(-c4cccc5ccccc45)cc23)c1.c1ccc2c(-c3ccc4nc(-c5cccc6ccccc56)cc(-c5ccc(-c6nc7ccccc7o6)cc5)c4c3)cccc2c1.c1ccc2nc(-c3ccc(-c4cc(-c5cccc6ccccc56)nc5ccc(-c6cccc7ccccc67)cc45)cn3)ccc2c1. The maximum absolute atomic E-state index is 6.07. The first kappa shape index (κ1) is 80.7. The third-order valence-electron chi connectivity index (χ3n) is 26.7. The number of hydrogen-bond donors (Lipinski definition) is 0. The maximum atomic E-state index is 6.07. The van der Waals surface area contributed by atoms with Gasteiger partial charge in [-0.15, -0.1) is 0 Å². The summed E-state index contributed by atoms with van der Waals surface area (Å²) in [6.07, 6.45) is 1.97. The Labute approximate surface area is 790 Å². The Balaban J connectivity index is 0.000000109. The molecule has 0 aliphatic heterocycles. The third-order valence-corrected chi connectivity index (χ3v) is 26.7. The fourth-order valence-electron chi connectivity index (χ4n) is 19.9. The van der Waals surface area contributed by atoms with Gasteiger partial charge in [-0.1, -0.05) is 370 Å². The predicted octanol–water partition coefficient (Wildman–Crippen LogP) is 34.3. The van der Waals surface area contributed by atoms with Crippen molar-refractivity contribution in [2.45, 2.75) is 0 Å². The molecule has 137 heavy (non-hydrogen) atoms. The molecule has 0 radical (unpaired) electrons. The van der Waals surface area contributed by atoms with Crippen LogP contribution in [0, 0.1) is 0 Å². The number of rotatable bonds is 12. The molecule has 0 aliphatic carbocycles. The lowest BCUT2D eigenvalue weighted by Gasteiger charge is -2.15. The fraction of sp³-hybridized carbons (Fsp3) is 0. The summed E-state index contributed by atoms with van der Waals surface area (Å²) in [6.45, 7) is 0. The van der Waals surface area contributed by atoms with Gasteiger partial charge in [0.05, 0.1) is 61.7 Å². The van der Waals surface area contributed by atoms with Crippen LogP contribution in [0.15, 0.2) is 496 Å². The van der Waals surface area contributed by atoms with Gasteiger partial charge in [0.1, 0.15) is 5.52 Å². The van der Waals surface area contributed by atoms with E-state index in [1.807, 2.05) is 60.8 Å². The number of hydrogen-bond acceptors (Lipinski definition) is 8. The summed E-state index contributed by atoms with van der Waals surface area (Å²) in [7, 11) is 0. The van der Waals surface area contributed by atoms with E-state index in [1.54, 1.807) is 0 Å². The molecule has 0 amide bonds. The molecule has 7 aromatic heterocycles. The molecular formula is C129H81N7O. The molecule has 8 heteroatoms. The molecule has 0 bridgehead atoms. The van der Waals surface area contributed by atoms with Gasteiger partial charge in [-0.3, -0.25) is 4.98 Å². The molecule has 7 heterocycles. The number of aromatic nitrogens is 7. The summed E-state index contributed by atoms with van der Waals surface area (Å²) in [5.74, 6) is 0.622. The minimum Gasteiger partial charge on any atom is -0.436 e. The van der Waals surface area contributed by atoms with Crippen molar-refractivity contribution in [2.24, 2.45) is 0 Å². The first-order valence-electron chi connectivity index (χ1n) is 46.3. The van der Waals surface area contributed by atoms with Crippen molar-refractivity contribution in [1.29, 1.82) is 0 Å². The Morgan fingerprint density at radius 3 is 0.861 bits per heavy atom. The van der Waals surface area contributed by atoms with Gasteiger partial charge in [0.2, 0.25) is 5.89 Å². The molecule has 20 aromatic carbocycles. The van der Waals surface area contributed by atoms with E-state index in [-0.39, 0.29) is 0 Å². The predicted molar refractivity (Wildman–Crippen MR) is 571 cm³/mol. The molecule has 0 fully saturated rings. The van der Waals surface area contributed by atoms with Gasteiger partial charge in [0.25, 0.3) is 0 Å². The zero-order valence-corrected chi connectivity index (χ0v) is 74.3. The van der Waals surface area contributed by atoms with Gasteiger partial charge < -0.3 is 4.42 Å². The van der Waals surface area contributed by atoms with E-state index >= 15 is 0 Å². The van der Waals surface area contributed by atoms with Crippen LogP contribution in [-0.2, 0) is 0 Å². The third kappa shape index (κ3) is 15.4. The van der Waals surface area contributed by atoms with Crippen molar-refractivity contribution >= 4 is 130 Å². The smallest absolute Gasteiger partial charge is 0.227 e. The van der Waals surface area contributed by atoms with E-state index in [1.165, 1.54) is 92.5 Å². The van der Waals surface area contributed by atoms with Crippen molar-refractivity contribution in [3.8, 4) is 135 Å². The number of benzene rings is 20. The highest BCUT2D eigenvalue weighted by atomic mass is 16.3. The number of nitrogens with zero attached hydrogens (tertiary/aromatic N) is 7. The average Bonchev–Trinajstić information content (AvgIpc) is 1.00. The summed E-state index contributed by atoms with van der Waals surface area (Å²) in [6, 6.07) is 171. The lowest BCUT2D eigenvalue weighted by Crippen LogP contribution is -1.93. The lowest BCUT2D eigenvalue weighted by molar-refractivity contribution is 0.620. The Bertz CT molecular complexity index is 9390. The minimum absolute atomic E-state index is 0.622. The quantitative estimate of drug-likeness (QED) is 0.119. The Morgan fingerprint density at radius 1 is 0.139 bits per heavy atom. The number of oxazole rings is 1. The van der Waals surface area contributed by atoms with E-state index in [2.05, 4.69) is 431 Å². The van der Waals surface area contributed by atoms with Gasteiger partial charge >= 0.3 is 0 Å². The first-order valence-corrected chi connectivity index (χ1v) is 46.3. The molecule has 0 saturated heterocycles. The van der Waals surface area contributed by atoms with Crippen LogP contribution in [-0.4, -0.2) is 34.9 Å². The summed E-state index contributed by atoms with van der Waals surface area (Å²) >= 11 is 0. The molecule has 0 spiro atoms. The molecule has 0 saturated carbocycles. The highest BCUT2D eigenvalue weighted by molar-refractivity contribution is 6.10. The van der Waals surface area contributed by atoms with Crippen LogP contribution in [0.5, 0.6) is 0 Å². The molecule has 0 N–H and O–H groups in total. The van der Waals surface area contributed by atoms with E-state index in [4.69, 9.17) is 39.3 Å². The van der Waals surface area contributed by atoms with Crippen molar-refractivity contribution in [3.63, 3.8) is 0 Å². The highest BCUT2D eigenvalue weighted by Crippen LogP contribution is 2.45. The molecule has 27 aromatic rings. The van der Waals surface area contributed by atoms with Crippen LogP contribution in [0.4, 0.5) is 0 Å². The van der Waals surface area contributed by atoms with Crippen LogP contribution in [0.2, 0.25) is 0 Å². The number of para-hydroxylation sites is 4. The van der Waals surface area contributed by atoms with Crippen molar-refractivity contribution < 1.29 is 4.42 Å². The van der Waals surface area contributed by atoms with Crippen molar-refractivity contribution in [2.75, 3.05) is 0 Å². The van der Waals surface area contributed by atoms with Gasteiger partial charge in [-0.2, -0.15) is 0 Å². The molecule has 0 aliphatic rings. The topological polar surface area (TPSA) is 103 Å². The van der Waals surface area contributed by atoms with Gasteiger partial charge in [0.15, 0.2) is 5.58 Å². The van der Waals surface area contributed by atoms with Crippen LogP contribution < -0.4 is 0 Å². The zero-order valence-electron chi connectivity index (χ0n) is 74.3. The highest BCUT2D eigenvalue weighted by Gasteiger charge is 2.22. The molecule has 27 rings (SSSR count). The monoisotopic (exact) mass is 1740 g/mol. The summed E-state index contributed by atoms with van der Waals surface area (Å²) in [4.78, 5) is 35.3. The van der Waals surface area contributed by atoms with E-state index in [0.717, 1.165) is 167 Å². The van der Waals surface area contributed by atoms with Gasteiger partial charge in [-0.05, 0) is 241 Å². The maximum Gasteiger partial charge on any atom is 0.227 e. The van der Waals surface area contributed by atoms with Gasteiger partial charge in [0, 0.05) is 66.5 Å². The fourth-order valence-corrected chi connectivity index (χ4v) is 19.9. The van der Waals surface area contributed by atoms with E-state index in [9.17, 15) is 0 Å². The average molecular weight is 1750 g/mol. The Kier molecular flexibility index (Phi) is 20.5. The molecule has 0 unspecified atom stereocenters. The van der Waals surface area contributed by atoms with Crippen molar-refractivity contribution in [1.82, 2.24) is 34.9 Å². The second kappa shape index (κ2) is 34.7. The number of pyridine rings is 6. The molecule has 638 valence electrons. The van der Waals surface area contributed by atoms with Crippen molar-refractivity contribution in [3.05, 3.63) is 492 Å².